The van der Waals surface area contributed by atoms with Gasteiger partial charge in [-0.25, -0.2) is 0 Å². The maximum Gasteiger partial charge on any atom is 0.0471 e. The summed E-state index contributed by atoms with van der Waals surface area (Å²) in [5.74, 6) is 0.456. The zero-order chi connectivity index (χ0) is 15.1. The lowest BCUT2D eigenvalue weighted by atomic mass is 9.81. The largest absolute Gasteiger partial charge is 0.396 e. The number of hydrogen-bond donors (Lipinski definition) is 2. The van der Waals surface area contributed by atoms with Gasteiger partial charge in [0, 0.05) is 31.7 Å². The molecule has 0 radical (unpaired) electrons. The van der Waals surface area contributed by atoms with Crippen LogP contribution in [0.3, 0.4) is 0 Å². The number of benzene rings is 1. The van der Waals surface area contributed by atoms with E-state index in [0.717, 1.165) is 32.7 Å². The van der Waals surface area contributed by atoms with Crippen molar-refractivity contribution >= 4 is 0 Å². The molecule has 0 aromatic heterocycles. The monoisotopic (exact) mass is 290 g/mol. The smallest absolute Gasteiger partial charge is 0.0471 e. The summed E-state index contributed by atoms with van der Waals surface area (Å²) in [6.07, 6.45) is 2.37. The van der Waals surface area contributed by atoms with E-state index in [0.29, 0.717) is 12.5 Å². The fourth-order valence-corrected chi connectivity index (χ4v) is 3.43. The van der Waals surface area contributed by atoms with E-state index in [1.165, 1.54) is 18.4 Å². The molecule has 21 heavy (non-hydrogen) atoms. The number of piperidine rings is 1. The topological polar surface area (TPSA) is 35.5 Å². The number of aliphatic hydroxyl groups excluding tert-OH is 1. The normalized spacial score (nSPS) is 22.9. The van der Waals surface area contributed by atoms with Crippen molar-refractivity contribution in [2.75, 3.05) is 39.3 Å². The SMILES string of the molecule is CCNCC(C)(CN1CCCC(CO)C1)c1ccccc1. The Balaban J connectivity index is 2.09. The first-order valence-corrected chi connectivity index (χ1v) is 8.27. The lowest BCUT2D eigenvalue weighted by Gasteiger charge is -2.40. The first-order chi connectivity index (χ1) is 10.2. The van der Waals surface area contributed by atoms with E-state index in [-0.39, 0.29) is 5.41 Å². The summed E-state index contributed by atoms with van der Waals surface area (Å²) >= 11 is 0. The Morgan fingerprint density at radius 2 is 2.10 bits per heavy atom. The summed E-state index contributed by atoms with van der Waals surface area (Å²) in [5.41, 5.74) is 1.52. The zero-order valence-electron chi connectivity index (χ0n) is 13.5. The van der Waals surface area contributed by atoms with Gasteiger partial charge in [-0.2, -0.15) is 0 Å². The maximum absolute atomic E-state index is 9.43. The Morgan fingerprint density at radius 3 is 2.76 bits per heavy atom. The molecule has 1 saturated heterocycles. The predicted molar refractivity (Wildman–Crippen MR) is 88.6 cm³/mol. The molecular weight excluding hydrogens is 260 g/mol. The number of aliphatic hydroxyl groups is 1. The van der Waals surface area contributed by atoms with Crippen molar-refractivity contribution in [1.82, 2.24) is 10.2 Å². The number of nitrogens with one attached hydrogen (secondary N) is 1. The van der Waals surface area contributed by atoms with Gasteiger partial charge < -0.3 is 15.3 Å². The van der Waals surface area contributed by atoms with Crippen LogP contribution in [0.5, 0.6) is 0 Å². The average molecular weight is 290 g/mol. The van der Waals surface area contributed by atoms with E-state index < -0.39 is 0 Å². The van der Waals surface area contributed by atoms with Crippen molar-refractivity contribution in [3.05, 3.63) is 35.9 Å². The molecule has 0 bridgehead atoms. The van der Waals surface area contributed by atoms with E-state index in [1.54, 1.807) is 0 Å². The Bertz CT molecular complexity index is 409. The molecule has 0 saturated carbocycles. The molecule has 2 atom stereocenters. The molecule has 2 unspecified atom stereocenters. The number of hydrogen-bond acceptors (Lipinski definition) is 3. The highest BCUT2D eigenvalue weighted by Crippen LogP contribution is 2.27. The van der Waals surface area contributed by atoms with Crippen LogP contribution in [0.1, 0.15) is 32.3 Å². The molecule has 0 amide bonds. The molecule has 3 nitrogen and oxygen atoms in total. The number of likely N-dealkylation sites (tertiary alicyclic amines) is 1. The van der Waals surface area contributed by atoms with Crippen LogP contribution in [0.25, 0.3) is 0 Å². The summed E-state index contributed by atoms with van der Waals surface area (Å²) in [5, 5.41) is 13.0. The van der Waals surface area contributed by atoms with Crippen LogP contribution in [0.4, 0.5) is 0 Å². The third-order valence-electron chi connectivity index (χ3n) is 4.67. The maximum atomic E-state index is 9.43. The highest BCUT2D eigenvalue weighted by Gasteiger charge is 2.30. The van der Waals surface area contributed by atoms with Crippen LogP contribution < -0.4 is 5.32 Å². The Labute approximate surface area is 129 Å². The van der Waals surface area contributed by atoms with Crippen LogP contribution in [0.2, 0.25) is 0 Å². The molecule has 1 aromatic rings. The standard InChI is InChI=1S/C18H30N2O/c1-3-19-14-18(2,17-9-5-4-6-10-17)15-20-11-7-8-16(12-20)13-21/h4-6,9-10,16,19,21H,3,7-8,11-15H2,1-2H3. The van der Waals surface area contributed by atoms with Gasteiger partial charge in [-0.05, 0) is 37.4 Å². The van der Waals surface area contributed by atoms with E-state index in [1.807, 2.05) is 0 Å². The lowest BCUT2D eigenvalue weighted by molar-refractivity contribution is 0.102. The molecule has 3 heteroatoms. The summed E-state index contributed by atoms with van der Waals surface area (Å²) in [4.78, 5) is 2.54. The third-order valence-corrected chi connectivity index (χ3v) is 4.67. The van der Waals surface area contributed by atoms with Crippen molar-refractivity contribution in [1.29, 1.82) is 0 Å². The highest BCUT2D eigenvalue weighted by atomic mass is 16.3. The van der Waals surface area contributed by atoms with Crippen LogP contribution >= 0.6 is 0 Å². The highest BCUT2D eigenvalue weighted by molar-refractivity contribution is 5.25. The molecule has 1 aromatic carbocycles. The fraction of sp³-hybridized carbons (Fsp3) is 0.667. The summed E-state index contributed by atoms with van der Waals surface area (Å²) in [6, 6.07) is 10.8. The molecule has 1 aliphatic heterocycles. The van der Waals surface area contributed by atoms with Crippen molar-refractivity contribution in [3.63, 3.8) is 0 Å². The molecule has 118 valence electrons. The van der Waals surface area contributed by atoms with Gasteiger partial charge in [0.05, 0.1) is 0 Å². The molecule has 1 fully saturated rings. The fourth-order valence-electron chi connectivity index (χ4n) is 3.43. The van der Waals surface area contributed by atoms with Crippen molar-refractivity contribution < 1.29 is 5.11 Å². The Kier molecular flexibility index (Phi) is 6.22. The summed E-state index contributed by atoms with van der Waals surface area (Å²) in [7, 11) is 0. The van der Waals surface area contributed by atoms with Gasteiger partial charge in [0.25, 0.3) is 0 Å². The second kappa shape index (κ2) is 7.92. The van der Waals surface area contributed by atoms with Crippen molar-refractivity contribution in [2.24, 2.45) is 5.92 Å². The first-order valence-electron chi connectivity index (χ1n) is 8.27. The predicted octanol–water partition coefficient (Wildman–Crippen LogP) is 2.26. The lowest BCUT2D eigenvalue weighted by Crippen LogP contribution is -2.48. The minimum atomic E-state index is 0.120. The van der Waals surface area contributed by atoms with Gasteiger partial charge in [0.1, 0.15) is 0 Å². The second-order valence-electron chi connectivity index (χ2n) is 6.63. The zero-order valence-corrected chi connectivity index (χ0v) is 13.5. The number of rotatable bonds is 7. The van der Waals surface area contributed by atoms with E-state index in [4.69, 9.17) is 0 Å². The minimum absolute atomic E-state index is 0.120. The van der Waals surface area contributed by atoms with Crippen molar-refractivity contribution in [2.45, 2.75) is 32.1 Å². The third kappa shape index (κ3) is 4.53. The van der Waals surface area contributed by atoms with Crippen LogP contribution in [0, 0.1) is 5.92 Å². The number of nitrogens with zero attached hydrogens (tertiary/aromatic N) is 1. The minimum Gasteiger partial charge on any atom is -0.396 e. The summed E-state index contributed by atoms with van der Waals surface area (Å²) in [6.45, 7) is 10.1. The van der Waals surface area contributed by atoms with Crippen LogP contribution in [-0.4, -0.2) is 49.3 Å². The van der Waals surface area contributed by atoms with E-state index >= 15 is 0 Å². The van der Waals surface area contributed by atoms with Gasteiger partial charge in [-0.3, -0.25) is 0 Å². The molecule has 2 rings (SSSR count). The van der Waals surface area contributed by atoms with E-state index in [9.17, 15) is 5.11 Å². The molecule has 2 N–H and O–H groups in total. The van der Waals surface area contributed by atoms with Crippen LogP contribution in [0.15, 0.2) is 30.3 Å². The molecule has 1 aliphatic rings. The van der Waals surface area contributed by atoms with Gasteiger partial charge in [0.2, 0.25) is 0 Å². The van der Waals surface area contributed by atoms with Crippen molar-refractivity contribution in [3.8, 4) is 0 Å². The van der Waals surface area contributed by atoms with Gasteiger partial charge in [-0.1, -0.05) is 44.2 Å². The molecule has 1 heterocycles. The quantitative estimate of drug-likeness (QED) is 0.808. The Hall–Kier alpha value is -0.900. The summed E-state index contributed by atoms with van der Waals surface area (Å²) < 4.78 is 0. The van der Waals surface area contributed by atoms with Gasteiger partial charge >= 0.3 is 0 Å². The molecule has 0 aliphatic carbocycles. The van der Waals surface area contributed by atoms with Gasteiger partial charge in [-0.15, -0.1) is 0 Å². The van der Waals surface area contributed by atoms with Gasteiger partial charge in [0.15, 0.2) is 0 Å². The molecular formula is C18H30N2O. The number of likely N-dealkylation sites (N-methyl/N-ethyl adjacent to an activating group) is 1. The van der Waals surface area contributed by atoms with E-state index in [2.05, 4.69) is 54.4 Å². The van der Waals surface area contributed by atoms with Crippen LogP contribution in [-0.2, 0) is 5.41 Å². The first kappa shape index (κ1) is 16.5. The average Bonchev–Trinajstić information content (AvgIpc) is 2.54. The Morgan fingerprint density at radius 1 is 1.33 bits per heavy atom. The molecule has 0 spiro atoms. The second-order valence-corrected chi connectivity index (χ2v) is 6.63.